The summed E-state index contributed by atoms with van der Waals surface area (Å²) in [5, 5.41) is 11.3. The molecule has 0 bridgehead atoms. The summed E-state index contributed by atoms with van der Waals surface area (Å²) in [5.74, 6) is -2.73. The molecule has 1 atom stereocenters. The van der Waals surface area contributed by atoms with E-state index >= 15 is 0 Å². The number of halogens is 1. The fourth-order valence-corrected chi connectivity index (χ4v) is 5.05. The number of Topliss-reactive ketones (excluding diaryl/α,β-unsaturated/α-hetero) is 1. The summed E-state index contributed by atoms with van der Waals surface area (Å²) >= 11 is 0.905. The minimum Gasteiger partial charge on any atom is -0.507 e. The number of ketones is 1. The van der Waals surface area contributed by atoms with Gasteiger partial charge < -0.3 is 14.6 Å². The predicted molar refractivity (Wildman–Crippen MR) is 141 cm³/mol. The Bertz CT molecular complexity index is 1380. The van der Waals surface area contributed by atoms with Gasteiger partial charge in [0.2, 0.25) is 0 Å². The lowest BCUT2D eigenvalue weighted by atomic mass is 9.95. The number of anilines is 1. The minimum atomic E-state index is -1.10. The summed E-state index contributed by atoms with van der Waals surface area (Å²) in [7, 11) is 0. The van der Waals surface area contributed by atoms with Crippen LogP contribution in [0, 0.1) is 12.7 Å². The first-order valence-corrected chi connectivity index (χ1v) is 13.0. The number of carbonyl (C=O) groups excluding carboxylic acids is 3. The van der Waals surface area contributed by atoms with E-state index in [9.17, 15) is 23.9 Å². The third-order valence-electron chi connectivity index (χ3n) is 5.98. The van der Waals surface area contributed by atoms with Gasteiger partial charge in [0.1, 0.15) is 22.2 Å². The number of aliphatic hydroxyl groups excluding tert-OH is 1. The first kappa shape index (κ1) is 27.0. The van der Waals surface area contributed by atoms with E-state index in [1.54, 1.807) is 38.1 Å². The molecule has 2 aromatic carbocycles. The lowest BCUT2D eigenvalue weighted by molar-refractivity contribution is -0.132. The largest absolute Gasteiger partial charge is 0.507 e. The molecule has 1 N–H and O–H groups in total. The van der Waals surface area contributed by atoms with Crippen molar-refractivity contribution < 1.29 is 33.4 Å². The van der Waals surface area contributed by atoms with Gasteiger partial charge in [-0.15, -0.1) is 0 Å². The van der Waals surface area contributed by atoms with Gasteiger partial charge in [0.15, 0.2) is 5.13 Å². The summed E-state index contributed by atoms with van der Waals surface area (Å²) in [4.78, 5) is 44.7. The molecule has 8 nitrogen and oxygen atoms in total. The molecular weight excluding hydrogens is 511 g/mol. The van der Waals surface area contributed by atoms with E-state index in [4.69, 9.17) is 9.47 Å². The molecule has 3 aromatic rings. The average molecular weight is 539 g/mol. The molecule has 198 valence electrons. The van der Waals surface area contributed by atoms with Crippen molar-refractivity contribution in [3.8, 4) is 5.75 Å². The van der Waals surface area contributed by atoms with Crippen molar-refractivity contribution in [1.29, 1.82) is 0 Å². The molecule has 1 aliphatic rings. The maximum absolute atomic E-state index is 13.8. The summed E-state index contributed by atoms with van der Waals surface area (Å²) in [6.07, 6.45) is 1.89. The van der Waals surface area contributed by atoms with Gasteiger partial charge in [-0.05, 0) is 62.2 Å². The van der Waals surface area contributed by atoms with Crippen LogP contribution in [-0.4, -0.2) is 41.0 Å². The molecule has 0 saturated carbocycles. The fourth-order valence-electron chi connectivity index (χ4n) is 4.06. The number of unbranched alkanes of at least 4 members (excludes halogenated alkanes) is 1. The molecule has 1 fully saturated rings. The van der Waals surface area contributed by atoms with Crippen molar-refractivity contribution in [2.24, 2.45) is 0 Å². The highest BCUT2D eigenvalue weighted by atomic mass is 32.1. The molecule has 4 rings (SSSR count). The number of nitrogens with zero attached hydrogens (tertiary/aromatic N) is 2. The van der Waals surface area contributed by atoms with Gasteiger partial charge in [-0.2, -0.15) is 0 Å². The number of amides is 1. The average Bonchev–Trinajstić information content (AvgIpc) is 3.41. The number of aryl methyl sites for hydroxylation is 1. The number of hydrogen-bond donors (Lipinski definition) is 1. The number of aliphatic hydroxyl groups is 1. The third-order valence-corrected chi connectivity index (χ3v) is 7.11. The van der Waals surface area contributed by atoms with Crippen LogP contribution in [0.4, 0.5) is 9.52 Å². The van der Waals surface area contributed by atoms with Crippen LogP contribution in [0.5, 0.6) is 5.75 Å². The molecule has 0 aliphatic carbocycles. The van der Waals surface area contributed by atoms with Crippen LogP contribution in [0.2, 0.25) is 0 Å². The topological polar surface area (TPSA) is 106 Å². The Kier molecular flexibility index (Phi) is 8.21. The number of thiazole rings is 1. The van der Waals surface area contributed by atoms with E-state index in [0.29, 0.717) is 29.2 Å². The number of rotatable bonds is 9. The van der Waals surface area contributed by atoms with Crippen LogP contribution in [-0.2, 0) is 14.3 Å². The lowest BCUT2D eigenvalue weighted by Gasteiger charge is -2.23. The van der Waals surface area contributed by atoms with Crippen LogP contribution in [0.15, 0.2) is 54.1 Å². The number of carbonyl (C=O) groups is 3. The summed E-state index contributed by atoms with van der Waals surface area (Å²) in [6.45, 7) is 6.04. The van der Waals surface area contributed by atoms with Crippen molar-refractivity contribution in [2.45, 2.75) is 39.7 Å². The van der Waals surface area contributed by atoms with E-state index in [1.807, 2.05) is 0 Å². The normalized spacial score (nSPS) is 16.6. The molecule has 0 spiro atoms. The van der Waals surface area contributed by atoms with Crippen LogP contribution in [0.1, 0.15) is 59.2 Å². The maximum atomic E-state index is 13.8. The zero-order valence-corrected chi connectivity index (χ0v) is 22.0. The van der Waals surface area contributed by atoms with Gasteiger partial charge in [-0.3, -0.25) is 14.5 Å². The van der Waals surface area contributed by atoms with Gasteiger partial charge >= 0.3 is 11.9 Å². The zero-order valence-electron chi connectivity index (χ0n) is 21.2. The van der Waals surface area contributed by atoms with Crippen molar-refractivity contribution in [1.82, 2.24) is 4.98 Å². The summed E-state index contributed by atoms with van der Waals surface area (Å²) in [6, 6.07) is 10.7. The maximum Gasteiger partial charge on any atom is 0.350 e. The highest BCUT2D eigenvalue weighted by Crippen LogP contribution is 2.44. The SMILES string of the molecule is CCCCOc1ccc(C(O)=C2C(=O)C(=O)N(c3nc(C)c(C(=O)OCC)s3)[C@H]2c2ccc(F)cc2)cc1. The Morgan fingerprint density at radius 3 is 2.42 bits per heavy atom. The van der Waals surface area contributed by atoms with Gasteiger partial charge in [0.05, 0.1) is 30.5 Å². The van der Waals surface area contributed by atoms with Crippen molar-refractivity contribution >= 4 is 39.9 Å². The molecule has 1 aromatic heterocycles. The van der Waals surface area contributed by atoms with E-state index in [1.165, 1.54) is 24.3 Å². The summed E-state index contributed by atoms with van der Waals surface area (Å²) < 4.78 is 24.5. The zero-order chi connectivity index (χ0) is 27.4. The molecule has 1 aliphatic heterocycles. The number of ether oxygens (including phenoxy) is 2. The van der Waals surface area contributed by atoms with Crippen molar-refractivity contribution in [3.63, 3.8) is 0 Å². The number of benzene rings is 2. The van der Waals surface area contributed by atoms with Crippen LogP contribution in [0.3, 0.4) is 0 Å². The Balaban J connectivity index is 1.80. The number of hydrogen-bond acceptors (Lipinski definition) is 8. The first-order valence-electron chi connectivity index (χ1n) is 12.2. The highest BCUT2D eigenvalue weighted by Gasteiger charge is 2.48. The fraction of sp³-hybridized carbons (Fsp3) is 0.286. The molecule has 1 saturated heterocycles. The van der Waals surface area contributed by atoms with Gasteiger partial charge in [0, 0.05) is 5.56 Å². The molecule has 1 amide bonds. The van der Waals surface area contributed by atoms with Crippen molar-refractivity contribution in [2.75, 3.05) is 18.1 Å². The second-order valence-corrected chi connectivity index (χ2v) is 9.56. The molecule has 0 unspecified atom stereocenters. The van der Waals surface area contributed by atoms with E-state index in [0.717, 1.165) is 29.1 Å². The smallest absolute Gasteiger partial charge is 0.350 e. The monoisotopic (exact) mass is 538 g/mol. The standard InChI is InChI=1S/C28H27FN2O6S/c1-4-6-15-37-20-13-9-18(10-14-20)23(32)21-22(17-7-11-19(29)12-8-17)31(26(34)24(21)33)28-30-16(3)25(38-28)27(35)36-5-2/h7-14,22,32H,4-6,15H2,1-3H3/t22-/m0/s1. The first-order chi connectivity index (χ1) is 18.3. The van der Waals surface area contributed by atoms with Gasteiger partial charge in [-0.1, -0.05) is 36.8 Å². The molecule has 38 heavy (non-hydrogen) atoms. The minimum absolute atomic E-state index is 0.0840. The van der Waals surface area contributed by atoms with Crippen LogP contribution in [0.25, 0.3) is 5.76 Å². The molecule has 10 heteroatoms. The third kappa shape index (κ3) is 5.31. The second-order valence-electron chi connectivity index (χ2n) is 8.58. The van der Waals surface area contributed by atoms with Gasteiger partial charge in [0.25, 0.3) is 5.78 Å². The predicted octanol–water partition coefficient (Wildman–Crippen LogP) is 5.57. The Hall–Kier alpha value is -4.05. The highest BCUT2D eigenvalue weighted by molar-refractivity contribution is 7.17. The lowest BCUT2D eigenvalue weighted by Crippen LogP contribution is -2.29. The Labute approximate surface area is 223 Å². The number of aromatic nitrogens is 1. The van der Waals surface area contributed by atoms with Gasteiger partial charge in [-0.25, -0.2) is 14.2 Å². The van der Waals surface area contributed by atoms with Crippen LogP contribution < -0.4 is 9.64 Å². The molecule has 0 radical (unpaired) electrons. The molecular formula is C28H27FN2O6S. The van der Waals surface area contributed by atoms with E-state index in [2.05, 4.69) is 11.9 Å². The Morgan fingerprint density at radius 1 is 1.11 bits per heavy atom. The van der Waals surface area contributed by atoms with Crippen molar-refractivity contribution in [3.05, 3.63) is 81.6 Å². The van der Waals surface area contributed by atoms with E-state index < -0.39 is 29.5 Å². The second kappa shape index (κ2) is 11.6. The quantitative estimate of drug-likeness (QED) is 0.125. The van der Waals surface area contributed by atoms with E-state index in [-0.39, 0.29) is 27.9 Å². The molecule has 2 heterocycles. The van der Waals surface area contributed by atoms with Crippen LogP contribution >= 0.6 is 11.3 Å². The number of esters is 1. The summed E-state index contributed by atoms with van der Waals surface area (Å²) in [5.41, 5.74) is 0.853. The Morgan fingerprint density at radius 2 is 1.79 bits per heavy atom.